The summed E-state index contributed by atoms with van der Waals surface area (Å²) in [7, 11) is 0. The topological polar surface area (TPSA) is 84.7 Å². The van der Waals surface area contributed by atoms with E-state index in [-0.39, 0.29) is 23.0 Å². The first kappa shape index (κ1) is 23.5. The maximum Gasteiger partial charge on any atom is 0.259 e. The van der Waals surface area contributed by atoms with Crippen molar-refractivity contribution in [3.63, 3.8) is 0 Å². The summed E-state index contributed by atoms with van der Waals surface area (Å²) >= 11 is 0. The van der Waals surface area contributed by atoms with Crippen LogP contribution < -0.4 is 15.0 Å². The van der Waals surface area contributed by atoms with Crippen LogP contribution in [0.25, 0.3) is 0 Å². The van der Waals surface area contributed by atoms with Gasteiger partial charge in [0.25, 0.3) is 5.88 Å². The highest BCUT2D eigenvalue weighted by molar-refractivity contribution is 5.94. The van der Waals surface area contributed by atoms with Gasteiger partial charge in [-0.05, 0) is 73.5 Å². The molecule has 4 rings (SSSR count). The molecule has 1 fully saturated rings. The number of aromatic nitrogens is 1. The van der Waals surface area contributed by atoms with Crippen molar-refractivity contribution in [1.29, 1.82) is 0 Å². The molecule has 178 valence electrons. The van der Waals surface area contributed by atoms with Crippen molar-refractivity contribution in [2.75, 3.05) is 23.3 Å². The molecule has 0 unspecified atom stereocenters. The summed E-state index contributed by atoms with van der Waals surface area (Å²) in [4.78, 5) is 26.5. The Morgan fingerprint density at radius 1 is 1.03 bits per heavy atom. The number of carbonyl (C=O) groups excluding carboxylic acids is 2. The molecule has 2 heterocycles. The fourth-order valence-corrected chi connectivity index (χ4v) is 3.94. The van der Waals surface area contributed by atoms with Crippen molar-refractivity contribution in [1.82, 2.24) is 5.16 Å². The van der Waals surface area contributed by atoms with E-state index in [1.165, 1.54) is 0 Å². The number of rotatable bonds is 6. The Bertz CT molecular complexity index is 1140. The number of Topliss-reactive ketones (excluding diaryl/α,β-unsaturated/α-hetero) is 1. The van der Waals surface area contributed by atoms with E-state index in [2.05, 4.69) is 15.4 Å². The number of nitrogens with zero attached hydrogens (tertiary/aromatic N) is 2. The molecule has 2 aromatic carbocycles. The molecule has 0 spiro atoms. The van der Waals surface area contributed by atoms with E-state index < -0.39 is 0 Å². The Labute approximate surface area is 200 Å². The summed E-state index contributed by atoms with van der Waals surface area (Å²) in [5.41, 5.74) is 2.39. The Morgan fingerprint density at radius 2 is 1.68 bits per heavy atom. The van der Waals surface area contributed by atoms with Crippen LogP contribution in [0.2, 0.25) is 0 Å². The predicted octanol–water partition coefficient (Wildman–Crippen LogP) is 5.82. The van der Waals surface area contributed by atoms with Crippen LogP contribution in [0, 0.1) is 5.92 Å². The van der Waals surface area contributed by atoms with Gasteiger partial charge in [0.05, 0.1) is 0 Å². The van der Waals surface area contributed by atoms with Crippen LogP contribution >= 0.6 is 0 Å². The molecule has 7 nitrogen and oxygen atoms in total. The summed E-state index contributed by atoms with van der Waals surface area (Å²) in [6, 6.07) is 16.7. The van der Waals surface area contributed by atoms with Gasteiger partial charge in [-0.3, -0.25) is 9.59 Å². The number of ether oxygens (including phenoxy) is 1. The highest BCUT2D eigenvalue weighted by Crippen LogP contribution is 2.29. The van der Waals surface area contributed by atoms with E-state index in [4.69, 9.17) is 9.26 Å². The number of amides is 1. The van der Waals surface area contributed by atoms with Gasteiger partial charge in [-0.2, -0.15) is 0 Å². The molecule has 0 bridgehead atoms. The first-order valence-electron chi connectivity index (χ1n) is 11.6. The Morgan fingerprint density at radius 3 is 2.24 bits per heavy atom. The van der Waals surface area contributed by atoms with Gasteiger partial charge in [-0.1, -0.05) is 20.8 Å². The van der Waals surface area contributed by atoms with Gasteiger partial charge >= 0.3 is 0 Å². The number of hydrogen-bond acceptors (Lipinski definition) is 6. The van der Waals surface area contributed by atoms with Crippen LogP contribution in [0.3, 0.4) is 0 Å². The zero-order valence-corrected chi connectivity index (χ0v) is 20.1. The maximum atomic E-state index is 12.8. The van der Waals surface area contributed by atoms with Crippen LogP contribution in [0.4, 0.5) is 11.4 Å². The van der Waals surface area contributed by atoms with Crippen molar-refractivity contribution in [3.05, 3.63) is 65.9 Å². The second-order valence-electron chi connectivity index (χ2n) is 9.76. The molecule has 3 aromatic rings. The lowest BCUT2D eigenvalue weighted by Gasteiger charge is -2.33. The van der Waals surface area contributed by atoms with Gasteiger partial charge in [0.15, 0.2) is 5.78 Å². The van der Waals surface area contributed by atoms with Crippen molar-refractivity contribution in [3.8, 4) is 11.6 Å². The van der Waals surface area contributed by atoms with Crippen molar-refractivity contribution >= 4 is 23.1 Å². The summed E-state index contributed by atoms with van der Waals surface area (Å²) in [5, 5.41) is 6.98. The normalized spacial score (nSPS) is 14.6. The van der Waals surface area contributed by atoms with Gasteiger partial charge in [-0.15, -0.1) is 0 Å². The molecule has 1 aromatic heterocycles. The van der Waals surface area contributed by atoms with Gasteiger partial charge in [0, 0.05) is 47.4 Å². The molecule has 0 radical (unpaired) electrons. The van der Waals surface area contributed by atoms with E-state index in [9.17, 15) is 9.59 Å². The average Bonchev–Trinajstić information content (AvgIpc) is 3.30. The Balaban J connectivity index is 1.28. The maximum absolute atomic E-state index is 12.8. The summed E-state index contributed by atoms with van der Waals surface area (Å²) in [6.07, 6.45) is 1.56. The minimum atomic E-state index is -0.140. The number of piperidine rings is 1. The van der Waals surface area contributed by atoms with Crippen LogP contribution in [-0.4, -0.2) is 29.9 Å². The number of anilines is 2. The monoisotopic (exact) mass is 461 g/mol. The third-order valence-electron chi connectivity index (χ3n) is 6.08. The van der Waals surface area contributed by atoms with Crippen LogP contribution in [0.15, 0.2) is 59.1 Å². The molecule has 34 heavy (non-hydrogen) atoms. The molecule has 0 saturated carbocycles. The second-order valence-corrected chi connectivity index (χ2v) is 9.76. The zero-order chi connectivity index (χ0) is 24.3. The quantitative estimate of drug-likeness (QED) is 0.466. The van der Waals surface area contributed by atoms with E-state index in [0.29, 0.717) is 17.2 Å². The highest BCUT2D eigenvalue weighted by atomic mass is 16.5. The van der Waals surface area contributed by atoms with Gasteiger partial charge in [0.1, 0.15) is 11.5 Å². The third kappa shape index (κ3) is 5.65. The Hall–Kier alpha value is -3.61. The first-order valence-corrected chi connectivity index (χ1v) is 11.6. The third-order valence-corrected chi connectivity index (χ3v) is 6.08. The molecule has 1 amide bonds. The molecule has 0 atom stereocenters. The van der Waals surface area contributed by atoms with Crippen molar-refractivity contribution in [2.24, 2.45) is 5.92 Å². The fraction of sp³-hybridized carbons (Fsp3) is 0.370. The van der Waals surface area contributed by atoms with Gasteiger partial charge < -0.3 is 19.5 Å². The van der Waals surface area contributed by atoms with E-state index >= 15 is 0 Å². The summed E-state index contributed by atoms with van der Waals surface area (Å²) in [6.45, 7) is 9.32. The molecule has 0 aliphatic carbocycles. The fourth-order valence-electron chi connectivity index (χ4n) is 3.94. The van der Waals surface area contributed by atoms with E-state index in [1.807, 2.05) is 57.2 Å². The molecule has 1 N–H and O–H groups in total. The highest BCUT2D eigenvalue weighted by Gasteiger charge is 2.25. The molecular formula is C27H31N3O4. The average molecular weight is 462 g/mol. The number of nitrogens with one attached hydrogen (secondary N) is 1. The van der Waals surface area contributed by atoms with Crippen molar-refractivity contribution in [2.45, 2.75) is 46.0 Å². The van der Waals surface area contributed by atoms with E-state index in [1.54, 1.807) is 25.1 Å². The smallest absolute Gasteiger partial charge is 0.259 e. The lowest BCUT2D eigenvalue weighted by Crippen LogP contribution is -2.38. The molecule has 1 aliphatic rings. The number of hydrogen-bond donors (Lipinski definition) is 1. The second kappa shape index (κ2) is 9.71. The lowest BCUT2D eigenvalue weighted by molar-refractivity contribution is -0.120. The van der Waals surface area contributed by atoms with E-state index in [0.717, 1.165) is 43.1 Å². The predicted molar refractivity (Wildman–Crippen MR) is 132 cm³/mol. The largest absolute Gasteiger partial charge is 0.436 e. The van der Waals surface area contributed by atoms with Crippen LogP contribution in [-0.2, 0) is 10.2 Å². The SMILES string of the molecule is CC(=O)c1ccc(N2CCC(C(=O)Nc3ccc(Oc4cc(C(C)(C)C)on4)cc3)CC2)cc1. The first-order chi connectivity index (χ1) is 16.2. The standard InChI is InChI=1S/C27H31N3O4/c1-18(31)19-5-9-22(10-6-19)30-15-13-20(14-16-30)26(32)28-21-7-11-23(12-8-21)33-25-17-24(34-29-25)27(2,3)4/h5-12,17,20H,13-16H2,1-4H3,(H,28,32). The van der Waals surface area contributed by atoms with Crippen LogP contribution in [0.5, 0.6) is 11.6 Å². The van der Waals surface area contributed by atoms with Crippen molar-refractivity contribution < 1.29 is 18.8 Å². The number of carbonyl (C=O) groups is 2. The molecule has 1 aliphatic heterocycles. The minimum Gasteiger partial charge on any atom is -0.436 e. The summed E-state index contributed by atoms with van der Waals surface area (Å²) < 4.78 is 11.1. The minimum absolute atomic E-state index is 0.0328. The van der Waals surface area contributed by atoms with Gasteiger partial charge in [-0.25, -0.2) is 0 Å². The lowest BCUT2D eigenvalue weighted by atomic mass is 9.94. The molecule has 7 heteroatoms. The number of ketones is 1. The summed E-state index contributed by atoms with van der Waals surface area (Å²) in [5.74, 6) is 1.85. The molecule has 1 saturated heterocycles. The number of benzene rings is 2. The molecular weight excluding hydrogens is 430 g/mol. The zero-order valence-electron chi connectivity index (χ0n) is 20.1. The Kier molecular flexibility index (Phi) is 6.72. The van der Waals surface area contributed by atoms with Gasteiger partial charge in [0.2, 0.25) is 5.91 Å². The van der Waals surface area contributed by atoms with Crippen LogP contribution in [0.1, 0.15) is 56.7 Å².